The minimum Gasteiger partial charge on any atom is -0.414 e. The molecule has 2 aromatic rings. The Morgan fingerprint density at radius 3 is 2.18 bits per heavy atom. The van der Waals surface area contributed by atoms with Crippen LogP contribution in [0.1, 0.15) is 61.6 Å². The first-order valence-electron chi connectivity index (χ1n) is 12.2. The number of ether oxygens (including phenoxy) is 1. The molecule has 0 bridgehead atoms. The van der Waals surface area contributed by atoms with Crippen LogP contribution < -0.4 is 5.73 Å². The third-order valence-corrected chi connectivity index (χ3v) is 17.6. The number of nitrogen functional groups attached to an aromatic ring is 1. The van der Waals surface area contributed by atoms with E-state index in [0.29, 0.717) is 17.8 Å². The van der Waals surface area contributed by atoms with E-state index >= 15 is 0 Å². The van der Waals surface area contributed by atoms with Crippen molar-refractivity contribution in [1.29, 1.82) is 0 Å². The normalized spacial score (nSPS) is 29.2. The highest BCUT2D eigenvalue weighted by atomic mass is 28.5. The smallest absolute Gasteiger partial charge is 0.335 e. The molecule has 1 unspecified atom stereocenters. The average molecular weight is 510 g/mol. The molecule has 12 heteroatoms. The van der Waals surface area contributed by atoms with Crippen molar-refractivity contribution in [3.8, 4) is 0 Å². The second-order valence-electron chi connectivity index (χ2n) is 10.7. The Morgan fingerprint density at radius 1 is 0.971 bits per heavy atom. The number of hydrogen-bond acceptors (Lipinski definition) is 9. The predicted octanol–water partition coefficient (Wildman–Crippen LogP) is 3.62. The molecule has 0 radical (unpaired) electrons. The van der Waals surface area contributed by atoms with Crippen molar-refractivity contribution in [3.63, 3.8) is 0 Å². The summed E-state index contributed by atoms with van der Waals surface area (Å²) in [7, 11) is -5.54. The van der Waals surface area contributed by atoms with E-state index in [-0.39, 0.29) is 28.0 Å². The van der Waals surface area contributed by atoms with Crippen LogP contribution in [0.4, 0.5) is 5.82 Å². The molecule has 0 saturated carbocycles. The number of nitrogens with zero attached hydrogens (tertiary/aromatic N) is 4. The SMILES string of the molecule is CC(C)[Si]1(C(C)C)OC[C@H]2O[C@H](n3cnc4c(N)ncnc43)[C@H](O)C2O[Si](C(C)C)(C(C)C)O1. The maximum Gasteiger partial charge on any atom is 0.335 e. The van der Waals surface area contributed by atoms with Gasteiger partial charge < -0.3 is 28.5 Å². The minimum absolute atomic E-state index is 0.159. The summed E-state index contributed by atoms with van der Waals surface area (Å²) in [6, 6.07) is 0. The van der Waals surface area contributed by atoms with Crippen LogP contribution in [0.15, 0.2) is 12.7 Å². The van der Waals surface area contributed by atoms with Crippen LogP contribution in [0, 0.1) is 0 Å². The van der Waals surface area contributed by atoms with Crippen molar-refractivity contribution >= 4 is 34.1 Å². The van der Waals surface area contributed by atoms with Crippen LogP contribution in [0.25, 0.3) is 11.2 Å². The zero-order valence-corrected chi connectivity index (χ0v) is 23.4. The Morgan fingerprint density at radius 2 is 1.59 bits per heavy atom. The zero-order valence-electron chi connectivity index (χ0n) is 21.4. The molecule has 34 heavy (non-hydrogen) atoms. The number of imidazole rings is 1. The van der Waals surface area contributed by atoms with Gasteiger partial charge in [-0.3, -0.25) is 4.57 Å². The molecule has 0 aromatic carbocycles. The third kappa shape index (κ3) is 3.92. The molecule has 4 atom stereocenters. The van der Waals surface area contributed by atoms with E-state index in [1.165, 1.54) is 6.33 Å². The highest BCUT2D eigenvalue weighted by molar-refractivity contribution is 6.83. The van der Waals surface area contributed by atoms with Crippen molar-refractivity contribution in [3.05, 3.63) is 12.7 Å². The maximum absolute atomic E-state index is 11.5. The largest absolute Gasteiger partial charge is 0.414 e. The Kier molecular flexibility index (Phi) is 6.97. The van der Waals surface area contributed by atoms with E-state index < -0.39 is 41.7 Å². The van der Waals surface area contributed by atoms with Gasteiger partial charge in [0.1, 0.15) is 30.2 Å². The van der Waals surface area contributed by atoms with Crippen molar-refractivity contribution < 1.29 is 22.8 Å². The van der Waals surface area contributed by atoms with Crippen molar-refractivity contribution in [1.82, 2.24) is 19.5 Å². The van der Waals surface area contributed by atoms with Gasteiger partial charge >= 0.3 is 17.1 Å². The zero-order chi connectivity index (χ0) is 25.0. The van der Waals surface area contributed by atoms with Gasteiger partial charge in [-0.25, -0.2) is 15.0 Å². The van der Waals surface area contributed by atoms with Gasteiger partial charge in [-0.1, -0.05) is 55.4 Å². The van der Waals surface area contributed by atoms with Gasteiger partial charge in [-0.05, 0) is 22.2 Å². The molecule has 3 N–H and O–H groups in total. The second kappa shape index (κ2) is 9.23. The molecule has 2 fully saturated rings. The lowest BCUT2D eigenvalue weighted by Crippen LogP contribution is -2.65. The number of aliphatic hydroxyl groups is 1. The lowest BCUT2D eigenvalue weighted by molar-refractivity contribution is -0.0570. The number of aromatic nitrogens is 4. The molecule has 2 aromatic heterocycles. The first-order chi connectivity index (χ1) is 15.9. The molecular formula is C22H39N5O5Si2. The predicted molar refractivity (Wildman–Crippen MR) is 133 cm³/mol. The number of nitrogens with two attached hydrogens (primary N) is 1. The molecule has 0 spiro atoms. The van der Waals surface area contributed by atoms with Gasteiger partial charge in [0.05, 0.1) is 12.9 Å². The van der Waals surface area contributed by atoms with Gasteiger partial charge in [0.2, 0.25) is 0 Å². The molecule has 2 aliphatic rings. The average Bonchev–Trinajstić information content (AvgIpc) is 3.29. The van der Waals surface area contributed by atoms with E-state index in [4.69, 9.17) is 23.4 Å². The standard InChI is InChI=1S/C22H39N5O5Si2/c1-12(2)33(13(3)4)29-9-16-19(31-34(32-33,14(5)6)15(7)8)18(28)22(30-16)27-11-26-17-20(23)24-10-25-21(17)27/h10-16,18-19,22,28H,9H2,1-8H3,(H2,23,24,25)/t16-,18-,19?,22+/m1/s1. The summed E-state index contributed by atoms with van der Waals surface area (Å²) in [6.45, 7) is 17.7. The van der Waals surface area contributed by atoms with Gasteiger partial charge in [-0.2, -0.15) is 0 Å². The van der Waals surface area contributed by atoms with Crippen LogP contribution in [-0.4, -0.2) is 66.7 Å². The number of anilines is 1. The first kappa shape index (κ1) is 25.7. The Balaban J connectivity index is 1.77. The monoisotopic (exact) mass is 509 g/mol. The quantitative estimate of drug-likeness (QED) is 0.581. The third-order valence-electron chi connectivity index (χ3n) is 7.30. The summed E-state index contributed by atoms with van der Waals surface area (Å²) < 4.78 is 29.0. The lowest BCUT2D eigenvalue weighted by Gasteiger charge is -2.51. The van der Waals surface area contributed by atoms with E-state index in [1.54, 1.807) is 10.9 Å². The number of fused-ring (bicyclic) bond motifs is 2. The summed E-state index contributed by atoms with van der Waals surface area (Å²) in [5, 5.41) is 11.5. The highest BCUT2D eigenvalue weighted by Gasteiger charge is 2.61. The summed E-state index contributed by atoms with van der Waals surface area (Å²) >= 11 is 0. The Hall–Kier alpha value is -1.42. The van der Waals surface area contributed by atoms with Crippen molar-refractivity contribution in [2.45, 2.75) is 102 Å². The Labute approximate surface area is 203 Å². The summed E-state index contributed by atoms with van der Waals surface area (Å²) in [5.74, 6) is 0.283. The summed E-state index contributed by atoms with van der Waals surface area (Å²) in [4.78, 5) is 12.7. The maximum atomic E-state index is 11.5. The fraction of sp³-hybridized carbons (Fsp3) is 0.773. The molecule has 0 aliphatic carbocycles. The van der Waals surface area contributed by atoms with Crippen LogP contribution in [-0.2, 0) is 17.7 Å². The molecule has 10 nitrogen and oxygen atoms in total. The summed E-state index contributed by atoms with van der Waals surface area (Å²) in [5.41, 5.74) is 7.73. The highest BCUT2D eigenvalue weighted by Crippen LogP contribution is 2.48. The first-order valence-corrected chi connectivity index (χ1v) is 16.2. The van der Waals surface area contributed by atoms with Crippen LogP contribution in [0.2, 0.25) is 22.2 Å². The molecular weight excluding hydrogens is 470 g/mol. The fourth-order valence-corrected chi connectivity index (χ4v) is 16.6. The molecule has 4 heterocycles. The number of aliphatic hydroxyl groups excluding tert-OH is 1. The van der Waals surface area contributed by atoms with Crippen LogP contribution in [0.5, 0.6) is 0 Å². The molecule has 2 aliphatic heterocycles. The van der Waals surface area contributed by atoms with Gasteiger partial charge in [-0.15, -0.1) is 0 Å². The van der Waals surface area contributed by atoms with Gasteiger partial charge in [0.25, 0.3) is 0 Å². The summed E-state index contributed by atoms with van der Waals surface area (Å²) in [6.07, 6.45) is 0.225. The van der Waals surface area contributed by atoms with Gasteiger partial charge in [0.15, 0.2) is 17.7 Å². The van der Waals surface area contributed by atoms with E-state index in [0.717, 1.165) is 0 Å². The van der Waals surface area contributed by atoms with Gasteiger partial charge in [0, 0.05) is 0 Å². The molecule has 190 valence electrons. The second-order valence-corrected chi connectivity index (χ2v) is 19.5. The molecule has 2 saturated heterocycles. The molecule has 4 rings (SSSR count). The number of hydrogen-bond donors (Lipinski definition) is 2. The lowest BCUT2D eigenvalue weighted by atomic mass is 10.1. The molecule has 0 amide bonds. The van der Waals surface area contributed by atoms with Crippen LogP contribution >= 0.6 is 0 Å². The van der Waals surface area contributed by atoms with E-state index in [1.807, 2.05) is 0 Å². The number of rotatable bonds is 5. The van der Waals surface area contributed by atoms with E-state index in [2.05, 4.69) is 70.3 Å². The fourth-order valence-electron chi connectivity index (χ4n) is 5.42. The van der Waals surface area contributed by atoms with E-state index in [9.17, 15) is 5.11 Å². The minimum atomic E-state index is -2.86. The van der Waals surface area contributed by atoms with Crippen molar-refractivity contribution in [2.75, 3.05) is 12.3 Å². The topological polar surface area (TPSA) is 127 Å². The van der Waals surface area contributed by atoms with Crippen LogP contribution in [0.3, 0.4) is 0 Å². The Bertz CT molecular complexity index is 1000. The van der Waals surface area contributed by atoms with Crippen molar-refractivity contribution in [2.24, 2.45) is 0 Å².